The summed E-state index contributed by atoms with van der Waals surface area (Å²) in [5.41, 5.74) is 1.83. The lowest BCUT2D eigenvalue weighted by atomic mass is 10.2. The Hall–Kier alpha value is -2.90. The number of fused-ring (bicyclic) bond motifs is 1. The Kier molecular flexibility index (Phi) is 4.45. The second kappa shape index (κ2) is 6.55. The molecule has 0 aliphatic heterocycles. The molecule has 1 saturated carbocycles. The predicted octanol–water partition coefficient (Wildman–Crippen LogP) is 3.01. The van der Waals surface area contributed by atoms with E-state index in [-0.39, 0.29) is 28.6 Å². The fraction of sp³-hybridized carbons (Fsp3) is 0.375. The quantitative estimate of drug-likeness (QED) is 0.617. The van der Waals surface area contributed by atoms with Gasteiger partial charge in [0.05, 0.1) is 17.9 Å². The Balaban J connectivity index is 1.82. The lowest BCUT2D eigenvalue weighted by Gasteiger charge is -2.10. The van der Waals surface area contributed by atoms with E-state index in [0.717, 1.165) is 12.1 Å². The molecule has 0 aromatic carbocycles. The number of thiazole rings is 1. The van der Waals surface area contributed by atoms with Gasteiger partial charge in [-0.15, -0.1) is 0 Å². The topological polar surface area (TPSA) is 95.3 Å². The van der Waals surface area contributed by atoms with Gasteiger partial charge in [-0.25, -0.2) is 9.38 Å². The molecule has 30 heavy (non-hydrogen) atoms. The molecule has 7 nitrogen and oxygen atoms in total. The molecule has 1 aliphatic rings. The summed E-state index contributed by atoms with van der Waals surface area (Å²) in [4.78, 5) is 25.8. The van der Waals surface area contributed by atoms with Crippen LogP contribution in [0.15, 0.2) is 16.9 Å². The fourth-order valence-corrected chi connectivity index (χ4v) is 4.06. The summed E-state index contributed by atoms with van der Waals surface area (Å²) in [5, 5.41) is 3.93. The van der Waals surface area contributed by atoms with Crippen molar-refractivity contribution in [2.45, 2.75) is 37.7 Å². The van der Waals surface area contributed by atoms with Crippen LogP contribution >= 0.6 is 11.3 Å². The number of nitrogens with zero attached hydrogens (tertiary/aromatic N) is 4. The van der Waals surface area contributed by atoms with Crippen molar-refractivity contribution < 1.29 is 31.1 Å². The van der Waals surface area contributed by atoms with Crippen molar-refractivity contribution in [1.82, 2.24) is 19.2 Å². The number of halogens is 6. The summed E-state index contributed by atoms with van der Waals surface area (Å²) >= 11 is 0.00204. The van der Waals surface area contributed by atoms with E-state index in [1.54, 1.807) is 0 Å². The number of hydrogen-bond donors (Lipinski definition) is 1. The van der Waals surface area contributed by atoms with Crippen molar-refractivity contribution >= 4 is 22.2 Å². The van der Waals surface area contributed by atoms with E-state index in [1.807, 2.05) is 0 Å². The van der Waals surface area contributed by atoms with Crippen molar-refractivity contribution in [3.05, 3.63) is 50.1 Å². The fourth-order valence-electron chi connectivity index (χ4n) is 3.03. The molecule has 2 N–H and O–H groups in total. The Morgan fingerprint density at radius 3 is 2.37 bits per heavy atom. The summed E-state index contributed by atoms with van der Waals surface area (Å²) in [7, 11) is 0. The first-order chi connectivity index (χ1) is 13.9. The third-order valence-corrected chi connectivity index (χ3v) is 5.55. The summed E-state index contributed by atoms with van der Waals surface area (Å²) in [5.74, 6) is -1.55. The van der Waals surface area contributed by atoms with Crippen molar-refractivity contribution in [3.63, 3.8) is 0 Å². The molecule has 1 aliphatic carbocycles. The van der Waals surface area contributed by atoms with Gasteiger partial charge in [0.2, 0.25) is 0 Å². The minimum absolute atomic E-state index is 0.00204. The minimum Gasteiger partial charge on any atom is -0.364 e. The molecule has 0 radical (unpaired) electrons. The highest BCUT2D eigenvalue weighted by Crippen LogP contribution is 2.42. The van der Waals surface area contributed by atoms with E-state index < -0.39 is 51.6 Å². The molecule has 3 aromatic rings. The maximum absolute atomic E-state index is 13.3. The summed E-state index contributed by atoms with van der Waals surface area (Å²) < 4.78 is 80.7. The molecule has 0 atom stereocenters. The number of primary amides is 1. The lowest BCUT2D eigenvalue weighted by molar-refractivity contribution is -0.144. The number of amides is 1. The third kappa shape index (κ3) is 3.55. The maximum Gasteiger partial charge on any atom is 0.433 e. The molecule has 0 spiro atoms. The van der Waals surface area contributed by atoms with E-state index in [1.165, 1.54) is 0 Å². The number of nitrogens with two attached hydrogens (primary N) is 1. The monoisotopic (exact) mass is 451 g/mol. The SMILES string of the molecule is NC(=O)c1c(C(F)(F)F)sc2nc(Cn3nc(C4CC4)cc3C(F)(F)F)cc(=O)n12. The molecular formula is C16H11F6N5O2S. The van der Waals surface area contributed by atoms with Crippen LogP contribution in [0.5, 0.6) is 0 Å². The molecule has 3 aromatic heterocycles. The van der Waals surface area contributed by atoms with Gasteiger partial charge >= 0.3 is 12.4 Å². The summed E-state index contributed by atoms with van der Waals surface area (Å²) in [6.07, 6.45) is -8.26. The number of alkyl halides is 6. The first-order valence-electron chi connectivity index (χ1n) is 8.43. The second-order valence-corrected chi connectivity index (χ2v) is 7.71. The molecule has 1 fully saturated rings. The third-order valence-electron chi connectivity index (χ3n) is 4.46. The van der Waals surface area contributed by atoms with E-state index in [9.17, 15) is 35.9 Å². The lowest BCUT2D eigenvalue weighted by Crippen LogP contribution is -2.25. The number of aromatic nitrogens is 4. The van der Waals surface area contributed by atoms with Gasteiger partial charge in [-0.1, -0.05) is 11.3 Å². The van der Waals surface area contributed by atoms with Crippen LogP contribution in [0, 0.1) is 0 Å². The van der Waals surface area contributed by atoms with Gasteiger partial charge in [-0.2, -0.15) is 31.4 Å². The van der Waals surface area contributed by atoms with Crippen LogP contribution in [-0.2, 0) is 18.9 Å². The molecular weight excluding hydrogens is 440 g/mol. The van der Waals surface area contributed by atoms with Gasteiger partial charge in [-0.05, 0) is 18.9 Å². The average Bonchev–Trinajstić information content (AvgIpc) is 3.21. The first-order valence-corrected chi connectivity index (χ1v) is 9.25. The number of rotatable bonds is 4. The Morgan fingerprint density at radius 2 is 1.83 bits per heavy atom. The van der Waals surface area contributed by atoms with E-state index in [0.29, 0.717) is 21.9 Å². The number of carbonyl (C=O) groups is 1. The molecule has 1 amide bonds. The highest BCUT2D eigenvalue weighted by Gasteiger charge is 2.40. The molecule has 14 heteroatoms. The van der Waals surface area contributed by atoms with Gasteiger partial charge in [0, 0.05) is 12.0 Å². The highest BCUT2D eigenvalue weighted by atomic mass is 32.1. The van der Waals surface area contributed by atoms with Crippen LogP contribution in [-0.4, -0.2) is 25.1 Å². The zero-order valence-electron chi connectivity index (χ0n) is 14.7. The van der Waals surface area contributed by atoms with E-state index in [2.05, 4.69) is 10.1 Å². The van der Waals surface area contributed by atoms with E-state index in [4.69, 9.17) is 5.73 Å². The van der Waals surface area contributed by atoms with Crippen molar-refractivity contribution in [2.24, 2.45) is 5.73 Å². The first kappa shape index (κ1) is 20.4. The second-order valence-electron chi connectivity index (χ2n) is 6.73. The van der Waals surface area contributed by atoms with Crippen LogP contribution in [0.4, 0.5) is 26.3 Å². The van der Waals surface area contributed by atoms with Gasteiger partial charge in [-0.3, -0.25) is 14.3 Å². The Morgan fingerprint density at radius 1 is 1.17 bits per heavy atom. The predicted molar refractivity (Wildman–Crippen MR) is 91.2 cm³/mol. The maximum atomic E-state index is 13.3. The van der Waals surface area contributed by atoms with Gasteiger partial charge in [0.15, 0.2) is 4.96 Å². The number of hydrogen-bond acceptors (Lipinski definition) is 5. The normalized spacial score (nSPS) is 15.1. The largest absolute Gasteiger partial charge is 0.433 e. The van der Waals surface area contributed by atoms with Crippen molar-refractivity contribution in [3.8, 4) is 0 Å². The van der Waals surface area contributed by atoms with E-state index >= 15 is 0 Å². The standard InChI is InChI=1S/C16H11F6N5O2S/c17-15(18,19)9-4-8(6-1-2-6)25-26(9)5-7-3-10(28)27-11(13(23)29)12(16(20,21)22)30-14(27)24-7/h3-4,6H,1-2,5H2,(H2,23,29). The molecule has 3 heterocycles. The Bertz CT molecular complexity index is 1220. The average molecular weight is 451 g/mol. The van der Waals surface area contributed by atoms with Crippen molar-refractivity contribution in [2.75, 3.05) is 0 Å². The van der Waals surface area contributed by atoms with Crippen molar-refractivity contribution in [1.29, 1.82) is 0 Å². The van der Waals surface area contributed by atoms with Crippen LogP contribution in [0.1, 0.15) is 51.2 Å². The number of carbonyl (C=O) groups excluding carboxylic acids is 1. The minimum atomic E-state index is -4.97. The van der Waals surface area contributed by atoms with Crippen LogP contribution in [0.25, 0.3) is 4.96 Å². The molecule has 160 valence electrons. The molecule has 0 bridgehead atoms. The zero-order valence-corrected chi connectivity index (χ0v) is 15.5. The Labute approximate surface area is 166 Å². The van der Waals surface area contributed by atoms with Crippen LogP contribution in [0.3, 0.4) is 0 Å². The molecule has 4 rings (SSSR count). The van der Waals surface area contributed by atoms with Crippen LogP contribution < -0.4 is 11.3 Å². The highest BCUT2D eigenvalue weighted by molar-refractivity contribution is 7.17. The molecule has 0 saturated heterocycles. The van der Waals surface area contributed by atoms with Gasteiger partial charge in [0.1, 0.15) is 16.3 Å². The summed E-state index contributed by atoms with van der Waals surface area (Å²) in [6.45, 7) is -0.585. The summed E-state index contributed by atoms with van der Waals surface area (Å²) in [6, 6.07) is 1.67. The van der Waals surface area contributed by atoms with Crippen LogP contribution in [0.2, 0.25) is 0 Å². The van der Waals surface area contributed by atoms with Gasteiger partial charge in [0.25, 0.3) is 11.5 Å². The van der Waals surface area contributed by atoms with Gasteiger partial charge < -0.3 is 5.73 Å². The molecule has 0 unspecified atom stereocenters. The zero-order chi connectivity index (χ0) is 22.0. The smallest absolute Gasteiger partial charge is 0.364 e.